The lowest BCUT2D eigenvalue weighted by Gasteiger charge is -2.36. The van der Waals surface area contributed by atoms with E-state index in [-0.39, 0.29) is 0 Å². The standard InChI is InChI=1S/C16H18O3S/c1-13(17)16(19-20(2)18,14-9-5-3-6-10-14)15-11-7-4-8-12-15/h3-13,17H,1-2H3/t13-,20?/m0/s1. The van der Waals surface area contributed by atoms with Crippen molar-refractivity contribution in [3.05, 3.63) is 71.8 Å². The predicted molar refractivity (Wildman–Crippen MR) is 80.5 cm³/mol. The summed E-state index contributed by atoms with van der Waals surface area (Å²) < 4.78 is 17.4. The van der Waals surface area contributed by atoms with E-state index in [0.717, 1.165) is 11.1 Å². The van der Waals surface area contributed by atoms with Crippen LogP contribution < -0.4 is 0 Å². The average Bonchev–Trinajstić information content (AvgIpc) is 2.46. The van der Waals surface area contributed by atoms with Gasteiger partial charge in [-0.05, 0) is 18.1 Å². The Balaban J connectivity index is 2.66. The molecule has 0 aliphatic heterocycles. The van der Waals surface area contributed by atoms with E-state index >= 15 is 0 Å². The monoisotopic (exact) mass is 290 g/mol. The lowest BCUT2D eigenvalue weighted by atomic mass is 9.82. The van der Waals surface area contributed by atoms with Crippen LogP contribution in [0.5, 0.6) is 0 Å². The molecule has 0 radical (unpaired) electrons. The van der Waals surface area contributed by atoms with Crippen molar-refractivity contribution in [3.8, 4) is 0 Å². The molecule has 106 valence electrons. The summed E-state index contributed by atoms with van der Waals surface area (Å²) in [6.07, 6.45) is 0.611. The lowest BCUT2D eigenvalue weighted by molar-refractivity contribution is -0.00927. The summed E-state index contributed by atoms with van der Waals surface area (Å²) in [6.45, 7) is 1.65. The van der Waals surface area contributed by atoms with Gasteiger partial charge in [0.2, 0.25) is 0 Å². The fourth-order valence-corrected chi connectivity index (χ4v) is 3.07. The maximum absolute atomic E-state index is 11.7. The van der Waals surface area contributed by atoms with Crippen molar-refractivity contribution in [3.63, 3.8) is 0 Å². The van der Waals surface area contributed by atoms with Crippen molar-refractivity contribution in [2.24, 2.45) is 0 Å². The molecule has 0 spiro atoms. The minimum absolute atomic E-state index is 0.774. The molecule has 1 unspecified atom stereocenters. The van der Waals surface area contributed by atoms with E-state index in [1.54, 1.807) is 6.92 Å². The Morgan fingerprint density at radius 1 is 1.00 bits per heavy atom. The molecule has 0 aliphatic rings. The van der Waals surface area contributed by atoms with Crippen molar-refractivity contribution in [2.75, 3.05) is 6.26 Å². The minimum Gasteiger partial charge on any atom is -0.390 e. The minimum atomic E-state index is -1.52. The zero-order valence-corrected chi connectivity index (χ0v) is 12.3. The maximum Gasteiger partial charge on any atom is 0.161 e. The molecule has 0 bridgehead atoms. The zero-order valence-electron chi connectivity index (χ0n) is 11.5. The lowest BCUT2D eigenvalue weighted by Crippen LogP contribution is -2.42. The molecule has 0 saturated carbocycles. The number of hydrogen-bond donors (Lipinski definition) is 1. The molecule has 3 nitrogen and oxygen atoms in total. The Hall–Kier alpha value is -1.49. The van der Waals surface area contributed by atoms with E-state index in [0.29, 0.717) is 0 Å². The first kappa shape index (κ1) is 14.9. The highest BCUT2D eigenvalue weighted by Crippen LogP contribution is 2.37. The predicted octanol–water partition coefficient (Wildman–Crippen LogP) is 2.62. The van der Waals surface area contributed by atoms with Crippen LogP contribution in [-0.4, -0.2) is 21.7 Å². The van der Waals surface area contributed by atoms with Crippen LogP contribution in [0.2, 0.25) is 0 Å². The van der Waals surface area contributed by atoms with Crippen LogP contribution >= 0.6 is 0 Å². The molecule has 2 atom stereocenters. The molecule has 0 fully saturated rings. The first-order valence-electron chi connectivity index (χ1n) is 6.39. The summed E-state index contributed by atoms with van der Waals surface area (Å²) in [5.74, 6) is 0. The molecule has 0 saturated heterocycles. The van der Waals surface area contributed by atoms with E-state index < -0.39 is 22.8 Å². The van der Waals surface area contributed by atoms with Crippen molar-refractivity contribution in [1.82, 2.24) is 0 Å². The second-order valence-corrected chi connectivity index (χ2v) is 5.60. The van der Waals surface area contributed by atoms with Gasteiger partial charge in [0.1, 0.15) is 0 Å². The van der Waals surface area contributed by atoms with Gasteiger partial charge in [-0.1, -0.05) is 60.7 Å². The van der Waals surface area contributed by atoms with Gasteiger partial charge >= 0.3 is 0 Å². The molecule has 2 aromatic carbocycles. The van der Waals surface area contributed by atoms with E-state index in [1.807, 2.05) is 60.7 Å². The van der Waals surface area contributed by atoms with Gasteiger partial charge in [-0.15, -0.1) is 0 Å². The number of rotatable bonds is 5. The van der Waals surface area contributed by atoms with Gasteiger partial charge in [0.25, 0.3) is 0 Å². The van der Waals surface area contributed by atoms with Crippen LogP contribution in [0, 0.1) is 0 Å². The van der Waals surface area contributed by atoms with Crippen LogP contribution in [0.3, 0.4) is 0 Å². The summed E-state index contributed by atoms with van der Waals surface area (Å²) >= 11 is -1.52. The molecular weight excluding hydrogens is 272 g/mol. The van der Waals surface area contributed by atoms with E-state index in [1.165, 1.54) is 6.26 Å². The van der Waals surface area contributed by atoms with Gasteiger partial charge in [0.05, 0.1) is 6.10 Å². The van der Waals surface area contributed by atoms with Crippen molar-refractivity contribution < 1.29 is 13.5 Å². The van der Waals surface area contributed by atoms with Gasteiger partial charge in [0, 0.05) is 6.26 Å². The Bertz CT molecular complexity index is 527. The maximum atomic E-state index is 11.7. The molecule has 0 heterocycles. The fraction of sp³-hybridized carbons (Fsp3) is 0.250. The topological polar surface area (TPSA) is 46.5 Å². The molecule has 0 aromatic heterocycles. The third-order valence-electron chi connectivity index (χ3n) is 3.24. The largest absolute Gasteiger partial charge is 0.390 e. The second-order valence-electron chi connectivity index (χ2n) is 4.63. The molecular formula is C16H18O3S. The molecule has 0 aliphatic carbocycles. The third-order valence-corrected chi connectivity index (χ3v) is 3.74. The second kappa shape index (κ2) is 6.31. The van der Waals surface area contributed by atoms with Crippen LogP contribution in [0.15, 0.2) is 60.7 Å². The fourth-order valence-electron chi connectivity index (χ4n) is 2.37. The first-order valence-corrected chi connectivity index (χ1v) is 7.87. The third kappa shape index (κ3) is 2.82. The van der Waals surface area contributed by atoms with Gasteiger partial charge in [0.15, 0.2) is 16.7 Å². The van der Waals surface area contributed by atoms with Crippen LogP contribution in [-0.2, 0) is 20.9 Å². The molecule has 20 heavy (non-hydrogen) atoms. The van der Waals surface area contributed by atoms with E-state index in [4.69, 9.17) is 4.18 Å². The van der Waals surface area contributed by atoms with Crippen LogP contribution in [0.4, 0.5) is 0 Å². The highest BCUT2D eigenvalue weighted by molar-refractivity contribution is 7.79. The molecule has 1 N–H and O–H groups in total. The summed E-state index contributed by atoms with van der Waals surface area (Å²) in [5.41, 5.74) is 0.412. The van der Waals surface area contributed by atoms with Crippen LogP contribution in [0.25, 0.3) is 0 Å². The van der Waals surface area contributed by atoms with Gasteiger partial charge in [-0.3, -0.25) is 4.18 Å². The Morgan fingerprint density at radius 2 is 1.40 bits per heavy atom. The molecule has 2 aromatic rings. The zero-order chi connectivity index (χ0) is 14.6. The summed E-state index contributed by atoms with van der Waals surface area (Å²) in [6, 6.07) is 18.7. The quantitative estimate of drug-likeness (QED) is 0.921. The number of hydrogen-bond acceptors (Lipinski definition) is 3. The molecule has 4 heteroatoms. The SMILES string of the molecule is C[C@H](O)C(OS(C)=O)(c1ccccc1)c1ccccc1. The number of benzene rings is 2. The van der Waals surface area contributed by atoms with Gasteiger partial charge in [-0.25, -0.2) is 4.21 Å². The normalized spacial score (nSPS) is 14.8. The van der Waals surface area contributed by atoms with Gasteiger partial charge < -0.3 is 5.11 Å². The highest BCUT2D eigenvalue weighted by atomic mass is 32.2. The first-order chi connectivity index (χ1) is 9.57. The Kier molecular flexibility index (Phi) is 4.70. The molecule has 0 amide bonds. The van der Waals surface area contributed by atoms with Gasteiger partial charge in [-0.2, -0.15) is 0 Å². The van der Waals surface area contributed by atoms with Crippen molar-refractivity contribution in [1.29, 1.82) is 0 Å². The Labute approximate surface area is 121 Å². The van der Waals surface area contributed by atoms with E-state index in [9.17, 15) is 9.32 Å². The van der Waals surface area contributed by atoms with Crippen molar-refractivity contribution >= 4 is 11.1 Å². The van der Waals surface area contributed by atoms with Crippen LogP contribution in [0.1, 0.15) is 18.1 Å². The Morgan fingerprint density at radius 3 is 1.70 bits per heavy atom. The summed E-state index contributed by atoms with van der Waals surface area (Å²) in [7, 11) is 0. The smallest absolute Gasteiger partial charge is 0.161 e. The average molecular weight is 290 g/mol. The summed E-state index contributed by atoms with van der Waals surface area (Å²) in [5, 5.41) is 10.4. The van der Waals surface area contributed by atoms with Crippen molar-refractivity contribution in [2.45, 2.75) is 18.6 Å². The number of aliphatic hydroxyl groups excluding tert-OH is 1. The summed E-state index contributed by atoms with van der Waals surface area (Å²) in [4.78, 5) is 0. The highest BCUT2D eigenvalue weighted by Gasteiger charge is 2.42. The molecule has 2 rings (SSSR count). The number of aliphatic hydroxyl groups is 1. The van der Waals surface area contributed by atoms with E-state index in [2.05, 4.69) is 0 Å².